The molecule has 0 spiro atoms. The zero-order valence-corrected chi connectivity index (χ0v) is 11.8. The largest absolute Gasteiger partial charge is 0.384 e. The molecule has 1 aromatic heterocycles. The van der Waals surface area contributed by atoms with Crippen LogP contribution in [-0.4, -0.2) is 33.6 Å². The molecule has 2 heterocycles. The number of β-amino-alcohol motifs (C(OH)–C–C–N with tert-alkyl or cyclic N) is 1. The van der Waals surface area contributed by atoms with E-state index in [2.05, 4.69) is 28.9 Å². The lowest BCUT2D eigenvalue weighted by molar-refractivity contribution is 0.0453. The minimum absolute atomic E-state index is 0.470. The lowest BCUT2D eigenvalue weighted by Crippen LogP contribution is -2.33. The van der Waals surface area contributed by atoms with Crippen molar-refractivity contribution in [3.63, 3.8) is 0 Å². The first-order valence-corrected chi connectivity index (χ1v) is 7.49. The Morgan fingerprint density at radius 3 is 2.95 bits per heavy atom. The van der Waals surface area contributed by atoms with E-state index in [0.29, 0.717) is 12.1 Å². The van der Waals surface area contributed by atoms with Gasteiger partial charge in [0.25, 0.3) is 0 Å². The molecule has 3 heteroatoms. The molecule has 2 fully saturated rings. The second kappa shape index (κ2) is 4.27. The highest BCUT2D eigenvalue weighted by molar-refractivity contribution is 5.79. The Kier molecular flexibility index (Phi) is 2.63. The van der Waals surface area contributed by atoms with Crippen LogP contribution in [-0.2, 0) is 5.60 Å². The third kappa shape index (κ3) is 1.93. The number of rotatable bonds is 2. The van der Waals surface area contributed by atoms with Crippen molar-refractivity contribution in [3.05, 3.63) is 42.1 Å². The van der Waals surface area contributed by atoms with Crippen molar-refractivity contribution in [2.24, 2.45) is 0 Å². The highest BCUT2D eigenvalue weighted by Crippen LogP contribution is 2.42. The van der Waals surface area contributed by atoms with E-state index in [1.54, 1.807) is 0 Å². The molecule has 2 atom stereocenters. The van der Waals surface area contributed by atoms with Gasteiger partial charge in [-0.3, -0.25) is 9.88 Å². The van der Waals surface area contributed by atoms with Crippen molar-refractivity contribution >= 4 is 10.9 Å². The third-order valence-corrected chi connectivity index (χ3v) is 4.80. The average Bonchev–Trinajstić information content (AvgIpc) is 3.24. The van der Waals surface area contributed by atoms with Gasteiger partial charge in [-0.05, 0) is 49.9 Å². The number of hydrogen-bond donors (Lipinski definition) is 1. The number of hydrogen-bond acceptors (Lipinski definition) is 3. The van der Waals surface area contributed by atoms with E-state index in [-0.39, 0.29) is 0 Å². The molecule has 1 saturated heterocycles. The second-order valence-electron chi connectivity index (χ2n) is 6.40. The standard InChI is InChI=1S/C17H20N2O/c1-12-10-17(20,11-19(12)15-5-6-15)14-4-7-16-13(9-14)3-2-8-18-16/h2-4,7-9,12,15,20H,5-6,10-11H2,1H3. The number of aromatic nitrogens is 1. The minimum atomic E-state index is -0.702. The Morgan fingerprint density at radius 2 is 2.15 bits per heavy atom. The molecule has 1 aliphatic carbocycles. The second-order valence-corrected chi connectivity index (χ2v) is 6.40. The Balaban J connectivity index is 1.70. The van der Waals surface area contributed by atoms with Gasteiger partial charge in [-0.15, -0.1) is 0 Å². The van der Waals surface area contributed by atoms with Crippen LogP contribution >= 0.6 is 0 Å². The normalized spacial score (nSPS) is 31.0. The molecule has 0 amide bonds. The summed E-state index contributed by atoms with van der Waals surface area (Å²) >= 11 is 0. The third-order valence-electron chi connectivity index (χ3n) is 4.80. The molecule has 4 rings (SSSR count). The van der Waals surface area contributed by atoms with Crippen LogP contribution in [0.3, 0.4) is 0 Å². The van der Waals surface area contributed by atoms with Crippen LogP contribution in [0.2, 0.25) is 0 Å². The fourth-order valence-corrected chi connectivity index (χ4v) is 3.60. The zero-order valence-electron chi connectivity index (χ0n) is 11.8. The molecular weight excluding hydrogens is 248 g/mol. The minimum Gasteiger partial charge on any atom is -0.384 e. The summed E-state index contributed by atoms with van der Waals surface area (Å²) < 4.78 is 0. The van der Waals surface area contributed by atoms with E-state index in [1.165, 1.54) is 12.8 Å². The fourth-order valence-electron chi connectivity index (χ4n) is 3.60. The highest BCUT2D eigenvalue weighted by Gasteiger charge is 2.46. The van der Waals surface area contributed by atoms with Crippen molar-refractivity contribution in [2.75, 3.05) is 6.54 Å². The molecule has 2 aromatic rings. The molecule has 3 nitrogen and oxygen atoms in total. The predicted molar refractivity (Wildman–Crippen MR) is 79.4 cm³/mol. The predicted octanol–water partition coefficient (Wildman–Crippen LogP) is 2.68. The lowest BCUT2D eigenvalue weighted by Gasteiger charge is -2.24. The summed E-state index contributed by atoms with van der Waals surface area (Å²) in [5.74, 6) is 0. The summed E-state index contributed by atoms with van der Waals surface area (Å²) in [7, 11) is 0. The quantitative estimate of drug-likeness (QED) is 0.909. The van der Waals surface area contributed by atoms with E-state index in [9.17, 15) is 5.11 Å². The van der Waals surface area contributed by atoms with Crippen LogP contribution in [0.5, 0.6) is 0 Å². The van der Waals surface area contributed by atoms with Gasteiger partial charge in [0, 0.05) is 30.2 Å². The van der Waals surface area contributed by atoms with Gasteiger partial charge in [0.1, 0.15) is 5.60 Å². The number of benzene rings is 1. The molecule has 2 unspecified atom stereocenters. The van der Waals surface area contributed by atoms with E-state index in [4.69, 9.17) is 0 Å². The van der Waals surface area contributed by atoms with Crippen molar-refractivity contribution in [2.45, 2.75) is 43.9 Å². The maximum absolute atomic E-state index is 11.1. The first kappa shape index (κ1) is 12.3. The first-order valence-electron chi connectivity index (χ1n) is 7.49. The van der Waals surface area contributed by atoms with Gasteiger partial charge in [-0.1, -0.05) is 12.1 Å². The summed E-state index contributed by atoms with van der Waals surface area (Å²) in [6.07, 6.45) is 5.22. The van der Waals surface area contributed by atoms with Gasteiger partial charge in [-0.25, -0.2) is 0 Å². The number of pyridine rings is 1. The van der Waals surface area contributed by atoms with Gasteiger partial charge >= 0.3 is 0 Å². The molecule has 1 aromatic carbocycles. The van der Waals surface area contributed by atoms with Crippen LogP contribution in [0, 0.1) is 0 Å². The molecule has 1 saturated carbocycles. The maximum atomic E-state index is 11.1. The molecule has 1 N–H and O–H groups in total. The summed E-state index contributed by atoms with van der Waals surface area (Å²) in [6.45, 7) is 3.00. The van der Waals surface area contributed by atoms with Crippen molar-refractivity contribution in [1.29, 1.82) is 0 Å². The van der Waals surface area contributed by atoms with Crippen molar-refractivity contribution < 1.29 is 5.11 Å². The van der Waals surface area contributed by atoms with Crippen molar-refractivity contribution in [1.82, 2.24) is 9.88 Å². The molecule has 1 aliphatic heterocycles. The molecule has 20 heavy (non-hydrogen) atoms. The fraction of sp³-hybridized carbons (Fsp3) is 0.471. The summed E-state index contributed by atoms with van der Waals surface area (Å²) in [5.41, 5.74) is 1.32. The Labute approximate surface area is 119 Å². The van der Waals surface area contributed by atoms with Crippen molar-refractivity contribution in [3.8, 4) is 0 Å². The van der Waals surface area contributed by atoms with E-state index in [0.717, 1.165) is 29.4 Å². The number of fused-ring (bicyclic) bond motifs is 1. The molecule has 104 valence electrons. The smallest absolute Gasteiger partial charge is 0.104 e. The average molecular weight is 268 g/mol. The van der Waals surface area contributed by atoms with Crippen LogP contribution in [0.25, 0.3) is 10.9 Å². The van der Waals surface area contributed by atoms with Gasteiger partial charge in [-0.2, -0.15) is 0 Å². The van der Waals surface area contributed by atoms with Gasteiger partial charge < -0.3 is 5.11 Å². The molecule has 2 aliphatic rings. The van der Waals surface area contributed by atoms with E-state index < -0.39 is 5.60 Å². The number of aliphatic hydroxyl groups is 1. The summed E-state index contributed by atoms with van der Waals surface area (Å²) in [6, 6.07) is 11.4. The monoisotopic (exact) mass is 268 g/mol. The SMILES string of the molecule is CC1CC(O)(c2ccc3ncccc3c2)CN1C1CC1. The molecule has 0 bridgehead atoms. The lowest BCUT2D eigenvalue weighted by atomic mass is 9.90. The highest BCUT2D eigenvalue weighted by atomic mass is 16.3. The maximum Gasteiger partial charge on any atom is 0.104 e. The van der Waals surface area contributed by atoms with Crippen LogP contribution in [0.4, 0.5) is 0 Å². The first-order chi connectivity index (χ1) is 9.66. The summed E-state index contributed by atoms with van der Waals surface area (Å²) in [5, 5.41) is 12.2. The molecular formula is C17H20N2O. The van der Waals surface area contributed by atoms with Crippen LogP contribution in [0.1, 0.15) is 31.7 Å². The zero-order chi connectivity index (χ0) is 13.7. The van der Waals surface area contributed by atoms with Gasteiger partial charge in [0.2, 0.25) is 0 Å². The van der Waals surface area contributed by atoms with Crippen LogP contribution in [0.15, 0.2) is 36.5 Å². The van der Waals surface area contributed by atoms with E-state index in [1.807, 2.05) is 24.4 Å². The molecule has 0 radical (unpaired) electrons. The van der Waals surface area contributed by atoms with Gasteiger partial charge in [0.15, 0.2) is 0 Å². The topological polar surface area (TPSA) is 36.4 Å². The Hall–Kier alpha value is -1.45. The number of nitrogens with zero attached hydrogens (tertiary/aromatic N) is 2. The summed E-state index contributed by atoms with van der Waals surface area (Å²) in [4.78, 5) is 6.83. The number of likely N-dealkylation sites (tertiary alicyclic amines) is 1. The van der Waals surface area contributed by atoms with Gasteiger partial charge in [0.05, 0.1) is 5.52 Å². The Bertz CT molecular complexity index is 652. The van der Waals surface area contributed by atoms with E-state index >= 15 is 0 Å². The Morgan fingerprint density at radius 1 is 1.30 bits per heavy atom. The van der Waals surface area contributed by atoms with Crippen LogP contribution < -0.4 is 0 Å².